The molecule has 0 atom stereocenters. The van der Waals surface area contributed by atoms with E-state index in [0.717, 1.165) is 0 Å². The summed E-state index contributed by atoms with van der Waals surface area (Å²) in [6.45, 7) is -0.116. The molecule has 0 aliphatic rings. The molecule has 0 saturated heterocycles. The van der Waals surface area contributed by atoms with Gasteiger partial charge in [0.1, 0.15) is 0 Å². The smallest absolute Gasteiger partial charge is 0.265 e. The maximum absolute atomic E-state index is 11.9. The first-order chi connectivity index (χ1) is 6.89. The van der Waals surface area contributed by atoms with Gasteiger partial charge in [-0.15, -0.1) is 0 Å². The minimum atomic E-state index is -4.58. The van der Waals surface area contributed by atoms with E-state index in [0.29, 0.717) is 10.6 Å². The van der Waals surface area contributed by atoms with Gasteiger partial charge in [0.15, 0.2) is 0 Å². The monoisotopic (exact) mass is 255 g/mol. The van der Waals surface area contributed by atoms with Gasteiger partial charge in [0.25, 0.3) is 0 Å². The predicted molar refractivity (Wildman–Crippen MR) is 54.5 cm³/mol. The van der Waals surface area contributed by atoms with Crippen LogP contribution in [0.5, 0.6) is 0 Å². The van der Waals surface area contributed by atoms with Crippen LogP contribution in [0.3, 0.4) is 0 Å². The number of benzene rings is 1. The second-order valence-corrected chi connectivity index (χ2v) is 3.53. The standard InChI is InChI=1S/C9H6Cl2F3N/c10-7-3-1-6(2-4-7)5-15-8(11)9(12,13)14/h1-4H,5H2/b15-8-. The van der Waals surface area contributed by atoms with Crippen LogP contribution in [0.15, 0.2) is 29.3 Å². The Labute approximate surface area is 94.5 Å². The van der Waals surface area contributed by atoms with Gasteiger partial charge in [0.2, 0.25) is 5.17 Å². The third-order valence-electron chi connectivity index (χ3n) is 1.55. The lowest BCUT2D eigenvalue weighted by molar-refractivity contribution is -0.0561. The molecule has 0 N–H and O–H groups in total. The molecule has 1 rings (SSSR count). The molecule has 0 aliphatic carbocycles. The van der Waals surface area contributed by atoms with E-state index in [1.54, 1.807) is 24.3 Å². The fourth-order valence-electron chi connectivity index (χ4n) is 0.840. The quantitative estimate of drug-likeness (QED) is 0.708. The first-order valence-corrected chi connectivity index (χ1v) is 4.67. The molecule has 1 aromatic carbocycles. The Morgan fingerprint density at radius 3 is 2.20 bits per heavy atom. The third kappa shape index (κ3) is 4.10. The normalized spacial score (nSPS) is 13.0. The van der Waals surface area contributed by atoms with E-state index in [2.05, 4.69) is 4.99 Å². The summed E-state index contributed by atoms with van der Waals surface area (Å²) >= 11 is 10.5. The average molecular weight is 256 g/mol. The van der Waals surface area contributed by atoms with E-state index in [4.69, 9.17) is 23.2 Å². The largest absolute Gasteiger partial charge is 0.444 e. The van der Waals surface area contributed by atoms with Gasteiger partial charge in [-0.05, 0) is 17.7 Å². The van der Waals surface area contributed by atoms with Gasteiger partial charge in [-0.3, -0.25) is 4.99 Å². The van der Waals surface area contributed by atoms with Crippen LogP contribution < -0.4 is 0 Å². The molecule has 0 saturated carbocycles. The summed E-state index contributed by atoms with van der Waals surface area (Å²) in [5.74, 6) is 0. The molecule has 0 radical (unpaired) electrons. The first-order valence-electron chi connectivity index (χ1n) is 3.91. The van der Waals surface area contributed by atoms with Gasteiger partial charge in [0, 0.05) is 5.02 Å². The minimum absolute atomic E-state index is 0.116. The molecule has 0 bridgehead atoms. The summed E-state index contributed by atoms with van der Waals surface area (Å²) in [5, 5.41) is -0.831. The maximum atomic E-state index is 11.9. The molecule has 6 heteroatoms. The highest BCUT2D eigenvalue weighted by Gasteiger charge is 2.34. The Morgan fingerprint density at radius 1 is 1.20 bits per heavy atom. The zero-order valence-electron chi connectivity index (χ0n) is 7.35. The van der Waals surface area contributed by atoms with E-state index < -0.39 is 11.3 Å². The van der Waals surface area contributed by atoms with E-state index in [9.17, 15) is 13.2 Å². The summed E-state index contributed by atoms with van der Waals surface area (Å²) < 4.78 is 35.8. The Balaban J connectivity index is 2.68. The summed E-state index contributed by atoms with van der Waals surface area (Å²) in [6, 6.07) is 6.33. The molecular formula is C9H6Cl2F3N. The molecule has 0 fully saturated rings. The molecule has 0 aliphatic heterocycles. The average Bonchev–Trinajstić information content (AvgIpc) is 2.15. The number of rotatable bonds is 2. The van der Waals surface area contributed by atoms with Gasteiger partial charge in [-0.1, -0.05) is 35.3 Å². The Bertz CT molecular complexity index is 357. The lowest BCUT2D eigenvalue weighted by Crippen LogP contribution is -2.17. The number of hydrogen-bond donors (Lipinski definition) is 0. The number of halogens is 5. The fourth-order valence-corrected chi connectivity index (χ4v) is 1.03. The number of nitrogens with zero attached hydrogens (tertiary/aromatic N) is 1. The topological polar surface area (TPSA) is 12.4 Å². The van der Waals surface area contributed by atoms with Crippen LogP contribution in [0.4, 0.5) is 13.2 Å². The Kier molecular flexibility index (Phi) is 3.99. The fraction of sp³-hybridized carbons (Fsp3) is 0.222. The van der Waals surface area contributed by atoms with Crippen molar-refractivity contribution in [3.63, 3.8) is 0 Å². The molecule has 0 unspecified atom stereocenters. The Hall–Kier alpha value is -0.740. The molecule has 0 heterocycles. The molecule has 0 spiro atoms. The van der Waals surface area contributed by atoms with Crippen molar-refractivity contribution in [3.05, 3.63) is 34.9 Å². The van der Waals surface area contributed by atoms with Gasteiger partial charge in [-0.25, -0.2) is 0 Å². The van der Waals surface area contributed by atoms with Crippen LogP contribution in [-0.4, -0.2) is 11.3 Å². The van der Waals surface area contributed by atoms with E-state index in [-0.39, 0.29) is 6.54 Å². The molecule has 1 aromatic rings. The predicted octanol–water partition coefficient (Wildman–Crippen LogP) is 4.04. The zero-order chi connectivity index (χ0) is 11.5. The van der Waals surface area contributed by atoms with Crippen molar-refractivity contribution in [2.24, 2.45) is 4.99 Å². The number of hydrogen-bond acceptors (Lipinski definition) is 1. The molecular weight excluding hydrogens is 250 g/mol. The van der Waals surface area contributed by atoms with Crippen molar-refractivity contribution in [1.82, 2.24) is 0 Å². The lowest BCUT2D eigenvalue weighted by atomic mass is 10.2. The summed E-state index contributed by atoms with van der Waals surface area (Å²) in [4.78, 5) is 3.21. The van der Waals surface area contributed by atoms with Crippen molar-refractivity contribution < 1.29 is 13.2 Å². The summed E-state index contributed by atoms with van der Waals surface area (Å²) in [6.07, 6.45) is -4.58. The van der Waals surface area contributed by atoms with Gasteiger partial charge in [-0.2, -0.15) is 13.2 Å². The molecule has 1 nitrogen and oxygen atoms in total. The molecule has 0 aromatic heterocycles. The number of alkyl halides is 3. The highest BCUT2D eigenvalue weighted by atomic mass is 35.5. The first kappa shape index (κ1) is 12.3. The zero-order valence-corrected chi connectivity index (χ0v) is 8.87. The van der Waals surface area contributed by atoms with E-state index in [1.165, 1.54) is 0 Å². The van der Waals surface area contributed by atoms with Crippen LogP contribution in [0.25, 0.3) is 0 Å². The second kappa shape index (κ2) is 4.86. The number of aliphatic imine (C=N–C) groups is 1. The molecule has 82 valence electrons. The maximum Gasteiger partial charge on any atom is 0.444 e. The van der Waals surface area contributed by atoms with Crippen molar-refractivity contribution in [1.29, 1.82) is 0 Å². The molecule has 15 heavy (non-hydrogen) atoms. The highest BCUT2D eigenvalue weighted by Crippen LogP contribution is 2.20. The minimum Gasteiger partial charge on any atom is -0.265 e. The van der Waals surface area contributed by atoms with Crippen LogP contribution in [0.2, 0.25) is 5.02 Å². The van der Waals surface area contributed by atoms with Gasteiger partial charge < -0.3 is 0 Å². The molecule has 0 amide bonds. The highest BCUT2D eigenvalue weighted by molar-refractivity contribution is 6.66. The summed E-state index contributed by atoms with van der Waals surface area (Å²) in [7, 11) is 0. The van der Waals surface area contributed by atoms with E-state index >= 15 is 0 Å². The van der Waals surface area contributed by atoms with Crippen LogP contribution in [0.1, 0.15) is 5.56 Å². The van der Waals surface area contributed by atoms with Crippen LogP contribution in [-0.2, 0) is 6.54 Å². The second-order valence-electron chi connectivity index (χ2n) is 2.73. The summed E-state index contributed by atoms with van der Waals surface area (Å²) in [5.41, 5.74) is 0.613. The lowest BCUT2D eigenvalue weighted by Gasteiger charge is -2.03. The van der Waals surface area contributed by atoms with Crippen LogP contribution >= 0.6 is 23.2 Å². The van der Waals surface area contributed by atoms with Crippen LogP contribution in [0, 0.1) is 0 Å². The van der Waals surface area contributed by atoms with Crippen molar-refractivity contribution in [3.8, 4) is 0 Å². The van der Waals surface area contributed by atoms with Gasteiger partial charge in [0.05, 0.1) is 6.54 Å². The Morgan fingerprint density at radius 2 is 1.73 bits per heavy atom. The van der Waals surface area contributed by atoms with Gasteiger partial charge >= 0.3 is 6.18 Å². The van der Waals surface area contributed by atoms with Crippen molar-refractivity contribution in [2.45, 2.75) is 12.7 Å². The SMILES string of the molecule is FC(F)(F)/C(Cl)=N/Cc1ccc(Cl)cc1. The van der Waals surface area contributed by atoms with Crippen molar-refractivity contribution >= 4 is 28.4 Å². The van der Waals surface area contributed by atoms with E-state index in [1.807, 2.05) is 0 Å². The third-order valence-corrected chi connectivity index (χ3v) is 2.13. The van der Waals surface area contributed by atoms with Crippen molar-refractivity contribution in [2.75, 3.05) is 0 Å².